The summed E-state index contributed by atoms with van der Waals surface area (Å²) in [6.07, 6.45) is 5.96. The van der Waals surface area contributed by atoms with Gasteiger partial charge in [0.15, 0.2) is 0 Å². The van der Waals surface area contributed by atoms with Crippen molar-refractivity contribution in [3.05, 3.63) is 0 Å². The molecule has 228 valence electrons. The molecule has 0 aromatic rings. The Morgan fingerprint density at radius 3 is 2.15 bits per heavy atom. The predicted octanol–water partition coefficient (Wildman–Crippen LogP) is 2.11. The number of methoxy groups -OCH3 is 1. The second kappa shape index (κ2) is 13.6. The Kier molecular flexibility index (Phi) is 11.0. The van der Waals surface area contributed by atoms with Crippen molar-refractivity contribution in [2.24, 2.45) is 11.3 Å². The average Bonchev–Trinajstić information content (AvgIpc) is 3.58. The van der Waals surface area contributed by atoms with Crippen LogP contribution in [0.1, 0.15) is 79.6 Å². The molecule has 5 atom stereocenters. The highest BCUT2D eigenvalue weighted by atomic mass is 16.5. The lowest BCUT2D eigenvalue weighted by molar-refractivity contribution is -0.152. The Labute approximate surface area is 241 Å². The van der Waals surface area contributed by atoms with Crippen LogP contribution in [0, 0.1) is 11.3 Å². The van der Waals surface area contributed by atoms with E-state index in [1.807, 2.05) is 34.9 Å². The minimum Gasteiger partial charge on any atom is -0.467 e. The molecule has 0 radical (unpaired) electrons. The van der Waals surface area contributed by atoms with Gasteiger partial charge < -0.3 is 19.9 Å². The Hall–Kier alpha value is -2.20. The van der Waals surface area contributed by atoms with Crippen molar-refractivity contribution in [2.75, 3.05) is 47.4 Å². The lowest BCUT2D eigenvalue weighted by Gasteiger charge is -2.41. The Morgan fingerprint density at radius 2 is 1.55 bits per heavy atom. The van der Waals surface area contributed by atoms with Crippen molar-refractivity contribution in [2.45, 2.75) is 110 Å². The standard InChI is InChI=1S/C30H53N5O5/c1-20(2)24(19-34-17-11-14-22(34)27(37)35-18-12-15-23(35)29(39)40-8)33(7)28(38)25(30(3,4)5)31-26(36)21-13-9-10-16-32(21)6/h20-25H,9-19H2,1-8H3,(H,31,36)/t21?,22-,23?,24+,25+/m0/s1. The molecule has 10 nitrogen and oxygen atoms in total. The molecule has 0 aromatic carbocycles. The Balaban J connectivity index is 1.74. The maximum absolute atomic E-state index is 14.0. The number of likely N-dealkylation sites (N-methyl/N-ethyl adjacent to an activating group) is 2. The summed E-state index contributed by atoms with van der Waals surface area (Å²) in [4.78, 5) is 61.0. The lowest BCUT2D eigenvalue weighted by atomic mass is 9.84. The summed E-state index contributed by atoms with van der Waals surface area (Å²) in [5.41, 5.74) is -0.472. The second-order valence-electron chi connectivity index (χ2n) is 13.4. The molecule has 40 heavy (non-hydrogen) atoms. The van der Waals surface area contributed by atoms with Crippen molar-refractivity contribution in [3.63, 3.8) is 0 Å². The number of likely N-dealkylation sites (tertiary alicyclic amines) is 3. The molecule has 3 rings (SSSR count). The fourth-order valence-electron chi connectivity index (χ4n) is 6.61. The highest BCUT2D eigenvalue weighted by Crippen LogP contribution is 2.28. The number of amides is 3. The molecule has 0 aliphatic carbocycles. The number of nitrogens with zero attached hydrogens (tertiary/aromatic N) is 4. The smallest absolute Gasteiger partial charge is 0.328 e. The number of rotatable bonds is 9. The number of esters is 1. The molecule has 0 aromatic heterocycles. The van der Waals surface area contributed by atoms with Gasteiger partial charge in [-0.05, 0) is 70.0 Å². The van der Waals surface area contributed by atoms with Crippen LogP contribution in [0.15, 0.2) is 0 Å². The first-order valence-corrected chi connectivity index (χ1v) is 15.2. The first kappa shape index (κ1) is 32.3. The van der Waals surface area contributed by atoms with Crippen LogP contribution in [0.3, 0.4) is 0 Å². The van der Waals surface area contributed by atoms with E-state index in [9.17, 15) is 19.2 Å². The first-order chi connectivity index (χ1) is 18.8. The van der Waals surface area contributed by atoms with Crippen molar-refractivity contribution in [1.82, 2.24) is 24.9 Å². The summed E-state index contributed by atoms with van der Waals surface area (Å²) in [7, 11) is 5.17. The van der Waals surface area contributed by atoms with Gasteiger partial charge in [-0.15, -0.1) is 0 Å². The van der Waals surface area contributed by atoms with Gasteiger partial charge in [-0.1, -0.05) is 41.0 Å². The molecule has 3 aliphatic heterocycles. The molecule has 3 aliphatic rings. The number of hydrogen-bond acceptors (Lipinski definition) is 7. The van der Waals surface area contributed by atoms with Crippen molar-refractivity contribution in [3.8, 4) is 0 Å². The van der Waals surface area contributed by atoms with Crippen LogP contribution in [0.5, 0.6) is 0 Å². The van der Waals surface area contributed by atoms with Gasteiger partial charge in [-0.3, -0.25) is 24.2 Å². The average molecular weight is 564 g/mol. The largest absolute Gasteiger partial charge is 0.467 e. The SMILES string of the molecule is COC(=O)C1CCCN1C(=O)[C@@H]1CCCN1C[C@H](C(C)C)N(C)C(=O)[C@@H](NC(=O)C1CCCCN1C)C(C)(C)C. The van der Waals surface area contributed by atoms with Crippen molar-refractivity contribution in [1.29, 1.82) is 0 Å². The molecule has 0 spiro atoms. The molecule has 0 saturated carbocycles. The van der Waals surface area contributed by atoms with Crippen LogP contribution in [-0.2, 0) is 23.9 Å². The third-order valence-electron chi connectivity index (χ3n) is 9.17. The van der Waals surface area contributed by atoms with Crippen LogP contribution >= 0.6 is 0 Å². The molecular weight excluding hydrogens is 510 g/mol. The molecule has 2 unspecified atom stereocenters. The van der Waals surface area contributed by atoms with Gasteiger partial charge in [0.2, 0.25) is 17.7 Å². The number of carbonyl (C=O) groups excluding carboxylic acids is 4. The van der Waals surface area contributed by atoms with Gasteiger partial charge in [0.05, 0.1) is 19.2 Å². The summed E-state index contributed by atoms with van der Waals surface area (Å²) in [6, 6.07) is -1.84. The number of nitrogens with one attached hydrogen (secondary N) is 1. The van der Waals surface area contributed by atoms with Crippen molar-refractivity contribution >= 4 is 23.7 Å². The van der Waals surface area contributed by atoms with Gasteiger partial charge in [-0.25, -0.2) is 4.79 Å². The van der Waals surface area contributed by atoms with Gasteiger partial charge in [0.25, 0.3) is 0 Å². The molecule has 0 bridgehead atoms. The Morgan fingerprint density at radius 1 is 0.925 bits per heavy atom. The Bertz CT molecular complexity index is 919. The summed E-state index contributed by atoms with van der Waals surface area (Å²) >= 11 is 0. The first-order valence-electron chi connectivity index (χ1n) is 15.2. The molecule has 10 heteroatoms. The van der Waals surface area contributed by atoms with Crippen molar-refractivity contribution < 1.29 is 23.9 Å². The van der Waals surface area contributed by atoms with E-state index in [2.05, 4.69) is 29.0 Å². The van der Waals surface area contributed by atoms with E-state index in [1.165, 1.54) is 7.11 Å². The van der Waals surface area contributed by atoms with Gasteiger partial charge in [0.1, 0.15) is 12.1 Å². The minimum absolute atomic E-state index is 0.0154. The topological polar surface area (TPSA) is 102 Å². The number of hydrogen-bond donors (Lipinski definition) is 1. The van der Waals surface area contributed by atoms with E-state index in [4.69, 9.17) is 4.74 Å². The molecule has 3 fully saturated rings. The summed E-state index contributed by atoms with van der Waals surface area (Å²) in [5, 5.41) is 3.12. The summed E-state index contributed by atoms with van der Waals surface area (Å²) in [5.74, 6) is -0.416. The molecule has 3 amide bonds. The zero-order valence-corrected chi connectivity index (χ0v) is 26.1. The van der Waals surface area contributed by atoms with Gasteiger partial charge >= 0.3 is 5.97 Å². The third kappa shape index (κ3) is 7.35. The van der Waals surface area contributed by atoms with E-state index in [0.29, 0.717) is 19.5 Å². The van der Waals surface area contributed by atoms with E-state index >= 15 is 0 Å². The number of piperidine rings is 1. The lowest BCUT2D eigenvalue weighted by Crippen LogP contribution is -2.61. The van der Waals surface area contributed by atoms with E-state index in [1.54, 1.807) is 9.80 Å². The summed E-state index contributed by atoms with van der Waals surface area (Å²) in [6.45, 7) is 12.9. The zero-order chi connectivity index (χ0) is 29.8. The number of carbonyl (C=O) groups is 4. The van der Waals surface area contributed by atoms with Crippen LogP contribution in [0.2, 0.25) is 0 Å². The minimum atomic E-state index is -0.664. The van der Waals surface area contributed by atoms with Gasteiger partial charge in [0, 0.05) is 26.2 Å². The maximum Gasteiger partial charge on any atom is 0.328 e. The normalized spacial score (nSPS) is 26.0. The van der Waals surface area contributed by atoms with E-state index < -0.39 is 17.5 Å². The highest BCUT2D eigenvalue weighted by molar-refractivity contribution is 5.91. The fraction of sp³-hybridized carbons (Fsp3) is 0.867. The van der Waals surface area contributed by atoms with Crippen LogP contribution < -0.4 is 5.32 Å². The third-order valence-corrected chi connectivity index (χ3v) is 9.17. The van der Waals surface area contributed by atoms with E-state index in [0.717, 1.165) is 51.6 Å². The predicted molar refractivity (Wildman–Crippen MR) is 154 cm³/mol. The second-order valence-corrected chi connectivity index (χ2v) is 13.4. The van der Waals surface area contributed by atoms with Gasteiger partial charge in [-0.2, -0.15) is 0 Å². The molecule has 3 heterocycles. The monoisotopic (exact) mass is 563 g/mol. The molecule has 3 saturated heterocycles. The van der Waals surface area contributed by atoms with E-state index in [-0.39, 0.29) is 47.7 Å². The maximum atomic E-state index is 14.0. The van der Waals surface area contributed by atoms with Crippen LogP contribution in [0.25, 0.3) is 0 Å². The summed E-state index contributed by atoms with van der Waals surface area (Å²) < 4.78 is 4.96. The molecule has 1 N–H and O–H groups in total. The highest BCUT2D eigenvalue weighted by Gasteiger charge is 2.43. The fourth-order valence-corrected chi connectivity index (χ4v) is 6.61. The molecular formula is C30H53N5O5. The van der Waals surface area contributed by atoms with Crippen LogP contribution in [-0.4, -0.2) is 121 Å². The quantitative estimate of drug-likeness (QED) is 0.429. The van der Waals surface area contributed by atoms with Crippen LogP contribution in [0.4, 0.5) is 0 Å². The zero-order valence-electron chi connectivity index (χ0n) is 26.1. The number of ether oxygens (including phenoxy) is 1.